The van der Waals surface area contributed by atoms with E-state index in [0.29, 0.717) is 30.0 Å². The SMILES string of the molecule is C=CCNS(=O)(=O)Cc1ccc(NC(=O)CCCOc2ccc(S(C)(=O)=O)cc2)cc1. The zero-order chi connectivity index (χ0) is 22.9. The highest BCUT2D eigenvalue weighted by atomic mass is 32.2. The summed E-state index contributed by atoms with van der Waals surface area (Å²) in [6.45, 7) is 3.95. The van der Waals surface area contributed by atoms with Crippen LogP contribution < -0.4 is 14.8 Å². The molecule has 0 heterocycles. The molecule has 0 aromatic heterocycles. The number of hydrogen-bond donors (Lipinski definition) is 2. The molecule has 1 amide bonds. The lowest BCUT2D eigenvalue weighted by Gasteiger charge is -2.09. The Morgan fingerprint density at radius 2 is 1.68 bits per heavy atom. The van der Waals surface area contributed by atoms with E-state index in [1.165, 1.54) is 18.2 Å². The van der Waals surface area contributed by atoms with Crippen molar-refractivity contribution >= 4 is 31.5 Å². The van der Waals surface area contributed by atoms with Gasteiger partial charge in [0.1, 0.15) is 5.75 Å². The second kappa shape index (κ2) is 11.1. The average Bonchev–Trinajstić information content (AvgIpc) is 2.71. The number of benzene rings is 2. The lowest BCUT2D eigenvalue weighted by Crippen LogP contribution is -2.25. The van der Waals surface area contributed by atoms with Gasteiger partial charge in [-0.1, -0.05) is 18.2 Å². The second-order valence-electron chi connectivity index (χ2n) is 6.84. The van der Waals surface area contributed by atoms with Crippen molar-refractivity contribution in [2.75, 3.05) is 24.7 Å². The summed E-state index contributed by atoms with van der Waals surface area (Å²) in [6, 6.07) is 12.7. The minimum absolute atomic E-state index is 0.155. The van der Waals surface area contributed by atoms with Gasteiger partial charge in [0, 0.05) is 24.9 Å². The van der Waals surface area contributed by atoms with Crippen molar-refractivity contribution in [1.82, 2.24) is 4.72 Å². The van der Waals surface area contributed by atoms with Gasteiger partial charge in [-0.25, -0.2) is 21.6 Å². The van der Waals surface area contributed by atoms with Crippen LogP contribution >= 0.6 is 0 Å². The van der Waals surface area contributed by atoms with Gasteiger partial charge < -0.3 is 10.1 Å². The fourth-order valence-corrected chi connectivity index (χ4v) is 4.31. The summed E-state index contributed by atoms with van der Waals surface area (Å²) in [5.41, 5.74) is 1.17. The molecule has 0 fully saturated rings. The van der Waals surface area contributed by atoms with E-state index in [2.05, 4.69) is 16.6 Å². The Morgan fingerprint density at radius 1 is 1.03 bits per heavy atom. The maximum Gasteiger partial charge on any atom is 0.224 e. The molecule has 0 unspecified atom stereocenters. The molecule has 10 heteroatoms. The lowest BCUT2D eigenvalue weighted by atomic mass is 10.2. The van der Waals surface area contributed by atoms with Crippen LogP contribution in [-0.4, -0.2) is 42.2 Å². The van der Waals surface area contributed by atoms with Gasteiger partial charge in [-0.05, 0) is 48.4 Å². The van der Waals surface area contributed by atoms with Crippen LogP contribution in [0.3, 0.4) is 0 Å². The Kier molecular flexibility index (Phi) is 8.78. The minimum atomic E-state index is -3.43. The molecule has 2 rings (SSSR count). The van der Waals surface area contributed by atoms with E-state index in [9.17, 15) is 21.6 Å². The van der Waals surface area contributed by atoms with E-state index in [1.54, 1.807) is 36.4 Å². The third-order valence-electron chi connectivity index (χ3n) is 4.11. The summed E-state index contributed by atoms with van der Waals surface area (Å²) in [6.07, 6.45) is 3.32. The number of hydrogen-bond acceptors (Lipinski definition) is 6. The summed E-state index contributed by atoms with van der Waals surface area (Å²) < 4.78 is 54.5. The predicted octanol–water partition coefficient (Wildman–Crippen LogP) is 2.49. The highest BCUT2D eigenvalue weighted by Gasteiger charge is 2.11. The number of sulfone groups is 1. The zero-order valence-corrected chi connectivity index (χ0v) is 18.8. The first kappa shape index (κ1) is 24.6. The molecular formula is C21H26N2O6S2. The number of sulfonamides is 1. The fourth-order valence-electron chi connectivity index (χ4n) is 2.57. The Labute approximate surface area is 183 Å². The molecule has 0 spiro atoms. The Balaban J connectivity index is 1.74. The van der Waals surface area contributed by atoms with Crippen LogP contribution in [-0.2, 0) is 30.4 Å². The molecule has 168 valence electrons. The van der Waals surface area contributed by atoms with Crippen LogP contribution in [0.25, 0.3) is 0 Å². The predicted molar refractivity (Wildman–Crippen MR) is 120 cm³/mol. The third-order valence-corrected chi connectivity index (χ3v) is 6.56. The summed E-state index contributed by atoms with van der Waals surface area (Å²) in [5.74, 6) is 0.183. The molecule has 0 aliphatic carbocycles. The Hall–Kier alpha value is -2.69. The maximum absolute atomic E-state index is 12.1. The van der Waals surface area contributed by atoms with E-state index < -0.39 is 19.9 Å². The summed E-state index contributed by atoms with van der Waals surface area (Å²) in [5, 5.41) is 2.75. The van der Waals surface area contributed by atoms with Crippen molar-refractivity contribution < 1.29 is 26.4 Å². The van der Waals surface area contributed by atoms with Crippen molar-refractivity contribution in [2.24, 2.45) is 0 Å². The van der Waals surface area contributed by atoms with Gasteiger partial charge >= 0.3 is 0 Å². The van der Waals surface area contributed by atoms with Crippen molar-refractivity contribution in [3.05, 3.63) is 66.7 Å². The summed E-state index contributed by atoms with van der Waals surface area (Å²) in [4.78, 5) is 12.3. The molecule has 0 atom stereocenters. The van der Waals surface area contributed by atoms with Gasteiger partial charge in [0.05, 0.1) is 17.3 Å². The average molecular weight is 467 g/mol. The van der Waals surface area contributed by atoms with E-state index >= 15 is 0 Å². The molecule has 2 aromatic rings. The molecule has 2 aromatic carbocycles. The number of ether oxygens (including phenoxy) is 1. The molecule has 0 saturated carbocycles. The monoisotopic (exact) mass is 466 g/mol. The Morgan fingerprint density at radius 3 is 2.26 bits per heavy atom. The lowest BCUT2D eigenvalue weighted by molar-refractivity contribution is -0.116. The molecule has 0 saturated heterocycles. The van der Waals surface area contributed by atoms with E-state index in [1.807, 2.05) is 0 Å². The molecule has 0 radical (unpaired) electrons. The van der Waals surface area contributed by atoms with Gasteiger partial charge in [-0.3, -0.25) is 4.79 Å². The minimum Gasteiger partial charge on any atom is -0.494 e. The number of amides is 1. The molecule has 31 heavy (non-hydrogen) atoms. The van der Waals surface area contributed by atoms with Gasteiger partial charge in [-0.2, -0.15) is 0 Å². The van der Waals surface area contributed by atoms with Crippen LogP contribution in [0.5, 0.6) is 5.75 Å². The van der Waals surface area contributed by atoms with Crippen LogP contribution in [0.4, 0.5) is 5.69 Å². The molecule has 8 nitrogen and oxygen atoms in total. The number of anilines is 1. The standard InChI is InChI=1S/C21H26N2O6S2/c1-3-14-22-31(27,28)16-17-6-8-18(9-7-17)23-21(24)5-4-15-29-19-10-12-20(13-11-19)30(2,25)26/h3,6-13,22H,1,4-5,14-16H2,2H3,(H,23,24). The van der Waals surface area contributed by atoms with Crippen molar-refractivity contribution in [2.45, 2.75) is 23.5 Å². The normalized spacial score (nSPS) is 11.6. The van der Waals surface area contributed by atoms with E-state index in [4.69, 9.17) is 4.74 Å². The summed E-state index contributed by atoms with van der Waals surface area (Å²) in [7, 11) is -6.68. The topological polar surface area (TPSA) is 119 Å². The first-order valence-corrected chi connectivity index (χ1v) is 13.0. The molecule has 0 aliphatic rings. The van der Waals surface area contributed by atoms with Crippen molar-refractivity contribution in [1.29, 1.82) is 0 Å². The van der Waals surface area contributed by atoms with E-state index in [-0.39, 0.29) is 29.5 Å². The van der Waals surface area contributed by atoms with Crippen LogP contribution in [0, 0.1) is 0 Å². The fraction of sp³-hybridized carbons (Fsp3) is 0.286. The van der Waals surface area contributed by atoms with Gasteiger partial charge in [0.25, 0.3) is 0 Å². The molecule has 0 aliphatic heterocycles. The molecule has 2 N–H and O–H groups in total. The van der Waals surface area contributed by atoms with Crippen LogP contribution in [0.1, 0.15) is 18.4 Å². The largest absolute Gasteiger partial charge is 0.494 e. The first-order chi connectivity index (χ1) is 14.6. The zero-order valence-electron chi connectivity index (χ0n) is 17.2. The molecule has 0 bridgehead atoms. The highest BCUT2D eigenvalue weighted by Crippen LogP contribution is 2.16. The Bertz CT molecular complexity index is 1090. The second-order valence-corrected chi connectivity index (χ2v) is 10.7. The smallest absolute Gasteiger partial charge is 0.224 e. The number of carbonyl (C=O) groups is 1. The van der Waals surface area contributed by atoms with Gasteiger partial charge in [-0.15, -0.1) is 6.58 Å². The maximum atomic E-state index is 12.1. The van der Waals surface area contributed by atoms with E-state index in [0.717, 1.165) is 6.26 Å². The number of rotatable bonds is 12. The van der Waals surface area contributed by atoms with Gasteiger partial charge in [0.2, 0.25) is 15.9 Å². The van der Waals surface area contributed by atoms with Gasteiger partial charge in [0.15, 0.2) is 9.84 Å². The number of nitrogens with one attached hydrogen (secondary N) is 2. The highest BCUT2D eigenvalue weighted by molar-refractivity contribution is 7.90. The van der Waals surface area contributed by atoms with Crippen molar-refractivity contribution in [3.8, 4) is 5.75 Å². The quantitative estimate of drug-likeness (QED) is 0.366. The third kappa shape index (κ3) is 8.91. The first-order valence-electron chi connectivity index (χ1n) is 9.49. The summed E-state index contributed by atoms with van der Waals surface area (Å²) >= 11 is 0. The van der Waals surface area contributed by atoms with Crippen molar-refractivity contribution in [3.63, 3.8) is 0 Å². The number of carbonyl (C=O) groups excluding carboxylic acids is 1. The van der Waals surface area contributed by atoms with Crippen LogP contribution in [0.2, 0.25) is 0 Å². The molecular weight excluding hydrogens is 440 g/mol. The van der Waals surface area contributed by atoms with Crippen LogP contribution in [0.15, 0.2) is 66.1 Å².